The molecule has 0 unspecified atom stereocenters. The second-order valence-corrected chi connectivity index (χ2v) is 7.31. The molecule has 0 fully saturated rings. The van der Waals surface area contributed by atoms with Crippen LogP contribution in [0.15, 0.2) is 66.9 Å². The van der Waals surface area contributed by atoms with Crippen LogP contribution >= 0.6 is 0 Å². The minimum absolute atomic E-state index is 0.0128. The average molecular weight is 435 g/mol. The van der Waals surface area contributed by atoms with Gasteiger partial charge in [0.15, 0.2) is 0 Å². The van der Waals surface area contributed by atoms with E-state index < -0.39 is 0 Å². The first-order valence-electron chi connectivity index (χ1n) is 10.5. The van der Waals surface area contributed by atoms with Gasteiger partial charge in [0.1, 0.15) is 5.82 Å². The molecule has 0 bridgehead atoms. The molecule has 0 aliphatic heterocycles. The van der Waals surface area contributed by atoms with Crippen LogP contribution in [-0.4, -0.2) is 58.1 Å². The highest BCUT2D eigenvalue weighted by molar-refractivity contribution is 5.95. The van der Waals surface area contributed by atoms with E-state index >= 15 is 0 Å². The van der Waals surface area contributed by atoms with Crippen molar-refractivity contribution < 1.29 is 14.0 Å². The number of nitrogens with zero attached hydrogens (tertiary/aromatic N) is 4. The number of hydrogen-bond acceptors (Lipinski definition) is 3. The normalized spacial score (nSPS) is 11.0. The zero-order valence-corrected chi connectivity index (χ0v) is 18.5. The fourth-order valence-corrected chi connectivity index (χ4v) is 3.30. The fourth-order valence-electron chi connectivity index (χ4n) is 3.30. The molecule has 1 aromatic heterocycles. The van der Waals surface area contributed by atoms with Gasteiger partial charge in [-0.3, -0.25) is 9.59 Å². The highest BCUT2D eigenvalue weighted by Gasteiger charge is 2.16. The maximum atomic E-state index is 13.4. The number of rotatable bonds is 8. The molecule has 0 atom stereocenters. The smallest absolute Gasteiger partial charge is 0.246 e. The van der Waals surface area contributed by atoms with E-state index in [1.807, 2.05) is 50.4 Å². The number of aromatic nitrogens is 2. The van der Waals surface area contributed by atoms with Gasteiger partial charge in [0, 0.05) is 43.5 Å². The molecule has 2 amide bonds. The van der Waals surface area contributed by atoms with Gasteiger partial charge in [-0.2, -0.15) is 5.10 Å². The molecule has 2 aromatic carbocycles. The third-order valence-electron chi connectivity index (χ3n) is 5.15. The minimum atomic E-state index is -0.331. The Morgan fingerprint density at radius 1 is 1.03 bits per heavy atom. The number of amides is 2. The topological polar surface area (TPSA) is 58.4 Å². The molecule has 0 N–H and O–H groups in total. The van der Waals surface area contributed by atoms with E-state index in [-0.39, 0.29) is 24.2 Å². The molecule has 32 heavy (non-hydrogen) atoms. The van der Waals surface area contributed by atoms with E-state index in [1.54, 1.807) is 34.8 Å². The summed E-state index contributed by atoms with van der Waals surface area (Å²) in [5, 5.41) is 4.65. The lowest BCUT2D eigenvalue weighted by atomic mass is 10.1. The molecule has 1 heterocycles. The molecule has 0 spiro atoms. The maximum Gasteiger partial charge on any atom is 0.246 e. The summed E-state index contributed by atoms with van der Waals surface area (Å²) >= 11 is 0. The average Bonchev–Trinajstić information content (AvgIpc) is 3.23. The number of carbonyl (C=O) groups is 2. The minimum Gasteiger partial charge on any atom is -0.342 e. The Balaban J connectivity index is 1.86. The molecular formula is C25H27FN4O2. The van der Waals surface area contributed by atoms with Crippen LogP contribution in [0.5, 0.6) is 0 Å². The van der Waals surface area contributed by atoms with Crippen molar-refractivity contribution in [2.75, 3.05) is 26.7 Å². The maximum absolute atomic E-state index is 13.4. The first kappa shape index (κ1) is 22.9. The number of carbonyl (C=O) groups excluding carboxylic acids is 2. The van der Waals surface area contributed by atoms with Crippen molar-refractivity contribution in [1.82, 2.24) is 19.6 Å². The van der Waals surface area contributed by atoms with Crippen LogP contribution in [0.2, 0.25) is 0 Å². The third-order valence-corrected chi connectivity index (χ3v) is 5.15. The van der Waals surface area contributed by atoms with Gasteiger partial charge in [0.25, 0.3) is 0 Å². The Hall–Kier alpha value is -3.74. The van der Waals surface area contributed by atoms with E-state index in [9.17, 15) is 14.0 Å². The molecular weight excluding hydrogens is 407 g/mol. The fraction of sp³-hybridized carbons (Fsp3) is 0.240. The molecule has 0 saturated heterocycles. The SMILES string of the molecule is CCN(CC)C(=O)CN(C)C(=O)/C=C/c1cn(-c2ccccc2)nc1-c1ccc(F)cc1. The van der Waals surface area contributed by atoms with E-state index in [1.165, 1.54) is 23.1 Å². The van der Waals surface area contributed by atoms with Crippen LogP contribution in [-0.2, 0) is 9.59 Å². The van der Waals surface area contributed by atoms with Gasteiger partial charge in [-0.15, -0.1) is 0 Å². The summed E-state index contributed by atoms with van der Waals surface area (Å²) in [6.45, 7) is 5.04. The van der Waals surface area contributed by atoms with Crippen molar-refractivity contribution in [3.63, 3.8) is 0 Å². The van der Waals surface area contributed by atoms with Crippen molar-refractivity contribution in [3.05, 3.63) is 78.3 Å². The number of halogens is 1. The van der Waals surface area contributed by atoms with Crippen molar-refractivity contribution in [3.8, 4) is 16.9 Å². The lowest BCUT2D eigenvalue weighted by Crippen LogP contribution is -2.40. The second-order valence-electron chi connectivity index (χ2n) is 7.31. The van der Waals surface area contributed by atoms with Crippen LogP contribution in [0, 0.1) is 5.82 Å². The summed E-state index contributed by atoms with van der Waals surface area (Å²) in [5.74, 6) is -0.714. The van der Waals surface area contributed by atoms with Crippen molar-refractivity contribution in [2.45, 2.75) is 13.8 Å². The lowest BCUT2D eigenvalue weighted by molar-refractivity contribution is -0.136. The van der Waals surface area contributed by atoms with Crippen LogP contribution in [0.25, 0.3) is 23.0 Å². The first-order chi connectivity index (χ1) is 15.4. The van der Waals surface area contributed by atoms with E-state index in [0.29, 0.717) is 24.3 Å². The van der Waals surface area contributed by atoms with E-state index in [4.69, 9.17) is 0 Å². The Morgan fingerprint density at radius 3 is 2.31 bits per heavy atom. The third kappa shape index (κ3) is 5.49. The number of likely N-dealkylation sites (N-methyl/N-ethyl adjacent to an activating group) is 2. The predicted octanol–water partition coefficient (Wildman–Crippen LogP) is 4.02. The molecule has 0 radical (unpaired) electrons. The quantitative estimate of drug-likeness (QED) is 0.503. The summed E-state index contributed by atoms with van der Waals surface area (Å²) in [7, 11) is 1.60. The van der Waals surface area contributed by atoms with Gasteiger partial charge >= 0.3 is 0 Å². The number of hydrogen-bond donors (Lipinski definition) is 0. The van der Waals surface area contributed by atoms with Gasteiger partial charge in [0.05, 0.1) is 17.9 Å². The Kier molecular flexibility index (Phi) is 7.54. The highest BCUT2D eigenvalue weighted by atomic mass is 19.1. The number of benzene rings is 2. The Bertz CT molecular complexity index is 1090. The van der Waals surface area contributed by atoms with Gasteiger partial charge < -0.3 is 9.80 Å². The summed E-state index contributed by atoms with van der Waals surface area (Å²) in [4.78, 5) is 28.0. The van der Waals surface area contributed by atoms with Gasteiger partial charge in [-0.25, -0.2) is 9.07 Å². The molecule has 3 rings (SSSR count). The zero-order valence-electron chi connectivity index (χ0n) is 18.5. The summed E-state index contributed by atoms with van der Waals surface area (Å²) in [6.07, 6.45) is 4.92. The van der Waals surface area contributed by atoms with Crippen LogP contribution < -0.4 is 0 Å². The molecule has 0 aliphatic rings. The molecule has 6 nitrogen and oxygen atoms in total. The predicted molar refractivity (Wildman–Crippen MR) is 124 cm³/mol. The molecule has 0 aliphatic carbocycles. The molecule has 0 saturated carbocycles. The summed E-state index contributed by atoms with van der Waals surface area (Å²) < 4.78 is 15.1. The molecule has 3 aromatic rings. The molecule has 166 valence electrons. The summed E-state index contributed by atoms with van der Waals surface area (Å²) in [5.41, 5.74) is 2.93. The standard InChI is InChI=1S/C25H27FN4O2/c1-4-29(5-2)24(32)18-28(3)23(31)16-13-20-17-30(22-9-7-6-8-10-22)27-25(20)19-11-14-21(26)15-12-19/h6-17H,4-5,18H2,1-3H3/b16-13+. The Morgan fingerprint density at radius 2 is 1.69 bits per heavy atom. The van der Waals surface area contributed by atoms with Crippen molar-refractivity contribution in [2.24, 2.45) is 0 Å². The zero-order chi connectivity index (χ0) is 23.1. The number of para-hydroxylation sites is 1. The van der Waals surface area contributed by atoms with E-state index in [0.717, 1.165) is 11.3 Å². The van der Waals surface area contributed by atoms with Crippen LogP contribution in [0.3, 0.4) is 0 Å². The van der Waals surface area contributed by atoms with Gasteiger partial charge in [-0.1, -0.05) is 18.2 Å². The van der Waals surface area contributed by atoms with Crippen LogP contribution in [0.1, 0.15) is 19.4 Å². The summed E-state index contributed by atoms with van der Waals surface area (Å²) in [6, 6.07) is 15.7. The first-order valence-corrected chi connectivity index (χ1v) is 10.5. The van der Waals surface area contributed by atoms with Crippen molar-refractivity contribution in [1.29, 1.82) is 0 Å². The lowest BCUT2D eigenvalue weighted by Gasteiger charge is -2.22. The monoisotopic (exact) mass is 434 g/mol. The second kappa shape index (κ2) is 10.5. The van der Waals surface area contributed by atoms with Gasteiger partial charge in [0.2, 0.25) is 11.8 Å². The molecule has 7 heteroatoms. The highest BCUT2D eigenvalue weighted by Crippen LogP contribution is 2.25. The van der Waals surface area contributed by atoms with Crippen molar-refractivity contribution >= 4 is 17.9 Å². The largest absolute Gasteiger partial charge is 0.342 e. The van der Waals surface area contributed by atoms with Crippen LogP contribution in [0.4, 0.5) is 4.39 Å². The van der Waals surface area contributed by atoms with Gasteiger partial charge in [-0.05, 0) is 56.3 Å². The Labute approximate surface area is 187 Å². The van der Waals surface area contributed by atoms with E-state index in [2.05, 4.69) is 5.10 Å².